The topological polar surface area (TPSA) is 116 Å². The van der Waals surface area contributed by atoms with Crippen LogP contribution in [0.1, 0.15) is 0 Å². The highest BCUT2D eigenvalue weighted by molar-refractivity contribution is 7.89. The maximum absolute atomic E-state index is 11.2. The molecule has 3 N–H and O–H groups in total. The van der Waals surface area contributed by atoms with E-state index in [-0.39, 0.29) is 4.90 Å². The summed E-state index contributed by atoms with van der Waals surface area (Å²) in [6, 6.07) is 8.45. The van der Waals surface area contributed by atoms with E-state index < -0.39 is 10.0 Å². The highest BCUT2D eigenvalue weighted by atomic mass is 32.2. The zero-order valence-electron chi connectivity index (χ0n) is 14.0. The molecule has 1 aromatic carbocycles. The molecule has 0 spiro atoms. The van der Waals surface area contributed by atoms with Crippen molar-refractivity contribution in [1.29, 1.82) is 0 Å². The summed E-state index contributed by atoms with van der Waals surface area (Å²) in [5.74, 6) is 1.72. The summed E-state index contributed by atoms with van der Waals surface area (Å²) in [5.41, 5.74) is 1.64. The molecule has 0 fully saturated rings. The number of nitrogens with zero attached hydrogens (tertiary/aromatic N) is 2. The van der Waals surface area contributed by atoms with Gasteiger partial charge in [0, 0.05) is 17.1 Å². The van der Waals surface area contributed by atoms with Gasteiger partial charge in [0.25, 0.3) is 0 Å². The van der Waals surface area contributed by atoms with Crippen molar-refractivity contribution < 1.29 is 17.9 Å². The van der Waals surface area contributed by atoms with Crippen LogP contribution < -0.4 is 19.9 Å². The molecule has 2 heterocycles. The molecule has 136 valence electrons. The molecule has 0 bridgehead atoms. The van der Waals surface area contributed by atoms with Crippen LogP contribution in [-0.2, 0) is 10.0 Å². The largest absolute Gasteiger partial charge is 0.493 e. The second kappa shape index (κ2) is 7.28. The molecule has 3 aromatic rings. The maximum atomic E-state index is 11.2. The normalized spacial score (nSPS) is 11.2. The van der Waals surface area contributed by atoms with Crippen LogP contribution in [0, 0.1) is 0 Å². The van der Waals surface area contributed by atoms with E-state index in [2.05, 4.69) is 15.3 Å². The van der Waals surface area contributed by atoms with Crippen molar-refractivity contribution in [3.05, 3.63) is 41.9 Å². The maximum Gasteiger partial charge on any atom is 0.239 e. The highest BCUT2D eigenvalue weighted by Crippen LogP contribution is 2.33. The number of benzene rings is 1. The van der Waals surface area contributed by atoms with Crippen LogP contribution in [0.15, 0.2) is 46.8 Å². The standard InChI is InChI=1S/C16H16N4O4S2/c1-23-13-5-3-10(7-14(13)24-2)12-9-25-16(19-12)20-15-6-4-11(8-18-15)26(17,21)22/h3-9H,1-2H3,(H2,17,21,22)(H,18,19,20). The number of anilines is 2. The van der Waals surface area contributed by atoms with Gasteiger partial charge in [-0.1, -0.05) is 0 Å². The Hall–Kier alpha value is -2.69. The van der Waals surface area contributed by atoms with Gasteiger partial charge < -0.3 is 14.8 Å². The number of pyridine rings is 1. The van der Waals surface area contributed by atoms with E-state index >= 15 is 0 Å². The number of nitrogens with two attached hydrogens (primary N) is 1. The molecule has 0 aliphatic carbocycles. The van der Waals surface area contributed by atoms with Crippen molar-refractivity contribution >= 4 is 32.3 Å². The van der Waals surface area contributed by atoms with Gasteiger partial charge in [0.05, 0.1) is 19.9 Å². The molecule has 0 aliphatic heterocycles. The number of hydrogen-bond donors (Lipinski definition) is 2. The SMILES string of the molecule is COc1ccc(-c2csc(Nc3ccc(S(N)(=O)=O)cn3)n2)cc1OC. The van der Waals surface area contributed by atoms with Crippen LogP contribution in [0.2, 0.25) is 0 Å². The van der Waals surface area contributed by atoms with E-state index in [1.807, 2.05) is 23.6 Å². The Labute approximate surface area is 154 Å². The van der Waals surface area contributed by atoms with Crippen molar-refractivity contribution in [3.8, 4) is 22.8 Å². The summed E-state index contributed by atoms with van der Waals surface area (Å²) in [7, 11) is -0.606. The Bertz CT molecular complexity index is 1020. The first-order chi connectivity index (χ1) is 12.4. The fraction of sp³-hybridized carbons (Fsp3) is 0.125. The Kier molecular flexibility index (Phi) is 5.07. The van der Waals surface area contributed by atoms with Crippen molar-refractivity contribution in [3.63, 3.8) is 0 Å². The number of methoxy groups -OCH3 is 2. The van der Waals surface area contributed by atoms with Gasteiger partial charge in [0.15, 0.2) is 16.6 Å². The second-order valence-corrected chi connectivity index (χ2v) is 7.58. The third-order valence-electron chi connectivity index (χ3n) is 3.48. The number of thiazole rings is 1. The molecule has 2 aromatic heterocycles. The molecule has 0 saturated carbocycles. The average molecular weight is 392 g/mol. The van der Waals surface area contributed by atoms with E-state index in [1.54, 1.807) is 14.2 Å². The molecule has 0 aliphatic rings. The summed E-state index contributed by atoms with van der Waals surface area (Å²) in [4.78, 5) is 8.49. The molecule has 0 radical (unpaired) electrons. The first-order valence-electron chi connectivity index (χ1n) is 7.34. The van der Waals surface area contributed by atoms with Crippen molar-refractivity contribution in [2.75, 3.05) is 19.5 Å². The highest BCUT2D eigenvalue weighted by Gasteiger charge is 2.11. The van der Waals surface area contributed by atoms with Crippen LogP contribution in [0.3, 0.4) is 0 Å². The first-order valence-corrected chi connectivity index (χ1v) is 9.77. The van der Waals surface area contributed by atoms with Gasteiger partial charge in [-0.3, -0.25) is 0 Å². The lowest BCUT2D eigenvalue weighted by molar-refractivity contribution is 0.355. The Balaban J connectivity index is 1.80. The zero-order chi connectivity index (χ0) is 18.7. The van der Waals surface area contributed by atoms with E-state index in [4.69, 9.17) is 14.6 Å². The minimum atomic E-state index is -3.76. The van der Waals surface area contributed by atoms with E-state index in [9.17, 15) is 8.42 Å². The summed E-state index contributed by atoms with van der Waals surface area (Å²) >= 11 is 1.40. The van der Waals surface area contributed by atoms with Gasteiger partial charge in [-0.2, -0.15) is 0 Å². The molecule has 3 rings (SSSR count). The van der Waals surface area contributed by atoms with Crippen LogP contribution in [0.5, 0.6) is 11.5 Å². The van der Waals surface area contributed by atoms with Crippen LogP contribution in [0.25, 0.3) is 11.3 Å². The number of rotatable bonds is 6. The van der Waals surface area contributed by atoms with E-state index in [1.165, 1.54) is 29.7 Å². The number of sulfonamides is 1. The minimum absolute atomic E-state index is 0.0480. The van der Waals surface area contributed by atoms with Gasteiger partial charge in [0.1, 0.15) is 10.7 Å². The number of nitrogens with one attached hydrogen (secondary N) is 1. The molecule has 0 amide bonds. The predicted molar refractivity (Wildman–Crippen MR) is 99.5 cm³/mol. The number of hydrogen-bond acceptors (Lipinski definition) is 8. The van der Waals surface area contributed by atoms with E-state index in [0.29, 0.717) is 22.4 Å². The van der Waals surface area contributed by atoms with Gasteiger partial charge in [-0.15, -0.1) is 11.3 Å². The van der Waals surface area contributed by atoms with Crippen LogP contribution >= 0.6 is 11.3 Å². The minimum Gasteiger partial charge on any atom is -0.493 e. The van der Waals surface area contributed by atoms with Crippen LogP contribution in [-0.4, -0.2) is 32.6 Å². The Morgan fingerprint density at radius 3 is 2.50 bits per heavy atom. The summed E-state index contributed by atoms with van der Waals surface area (Å²) in [6.45, 7) is 0. The molecule has 0 unspecified atom stereocenters. The van der Waals surface area contributed by atoms with Crippen molar-refractivity contribution in [2.24, 2.45) is 5.14 Å². The van der Waals surface area contributed by atoms with Gasteiger partial charge in [-0.05, 0) is 30.3 Å². The number of ether oxygens (including phenoxy) is 2. The quantitative estimate of drug-likeness (QED) is 0.662. The van der Waals surface area contributed by atoms with Crippen molar-refractivity contribution in [2.45, 2.75) is 4.90 Å². The van der Waals surface area contributed by atoms with Gasteiger partial charge in [0.2, 0.25) is 10.0 Å². The molecule has 8 nitrogen and oxygen atoms in total. The number of primary sulfonamides is 1. The molecular formula is C16H16N4O4S2. The fourth-order valence-corrected chi connectivity index (χ4v) is 3.38. The lowest BCUT2D eigenvalue weighted by Crippen LogP contribution is -2.12. The summed E-state index contributed by atoms with van der Waals surface area (Å²) < 4.78 is 33.0. The molecule has 0 saturated heterocycles. The third-order valence-corrected chi connectivity index (χ3v) is 5.14. The monoisotopic (exact) mass is 392 g/mol. The average Bonchev–Trinajstić information content (AvgIpc) is 3.09. The summed E-state index contributed by atoms with van der Waals surface area (Å²) in [6.07, 6.45) is 1.19. The first kappa shape index (κ1) is 18.1. The Morgan fingerprint density at radius 2 is 1.88 bits per heavy atom. The Morgan fingerprint density at radius 1 is 1.12 bits per heavy atom. The summed E-state index contributed by atoms with van der Waals surface area (Å²) in [5, 5.41) is 10.6. The zero-order valence-corrected chi connectivity index (χ0v) is 15.6. The van der Waals surface area contributed by atoms with Gasteiger partial charge in [-0.25, -0.2) is 23.5 Å². The molecule has 10 heteroatoms. The molecular weight excluding hydrogens is 376 g/mol. The van der Waals surface area contributed by atoms with E-state index in [0.717, 1.165) is 11.3 Å². The van der Waals surface area contributed by atoms with Crippen molar-refractivity contribution in [1.82, 2.24) is 9.97 Å². The molecule has 26 heavy (non-hydrogen) atoms. The lowest BCUT2D eigenvalue weighted by atomic mass is 10.1. The van der Waals surface area contributed by atoms with Gasteiger partial charge >= 0.3 is 0 Å². The van der Waals surface area contributed by atoms with Crippen LogP contribution in [0.4, 0.5) is 10.9 Å². The third kappa shape index (κ3) is 3.93. The second-order valence-electron chi connectivity index (χ2n) is 5.16. The number of aromatic nitrogens is 2. The smallest absolute Gasteiger partial charge is 0.239 e. The molecule has 0 atom stereocenters. The lowest BCUT2D eigenvalue weighted by Gasteiger charge is -2.08. The fourth-order valence-electron chi connectivity index (χ4n) is 2.19. The predicted octanol–water partition coefficient (Wildman–Crippen LogP) is 2.61.